The summed E-state index contributed by atoms with van der Waals surface area (Å²) in [7, 11) is 0. The van der Waals surface area contributed by atoms with E-state index in [-0.39, 0.29) is 0 Å². The van der Waals surface area contributed by atoms with Crippen molar-refractivity contribution in [1.29, 1.82) is 0 Å². The maximum Gasteiger partial charge on any atom is 0.0230 e. The van der Waals surface area contributed by atoms with Gasteiger partial charge in [-0.3, -0.25) is 0 Å². The number of rotatable bonds is 4. The highest BCUT2D eigenvalue weighted by Crippen LogP contribution is 2.08. The van der Waals surface area contributed by atoms with E-state index < -0.39 is 0 Å². The molecule has 1 aromatic rings. The van der Waals surface area contributed by atoms with E-state index in [1.807, 2.05) is 6.07 Å². The second-order valence-corrected chi connectivity index (χ2v) is 4.36. The summed E-state index contributed by atoms with van der Waals surface area (Å²) >= 11 is 0. The van der Waals surface area contributed by atoms with Gasteiger partial charge in [-0.05, 0) is 39.3 Å². The van der Waals surface area contributed by atoms with Gasteiger partial charge in [0.1, 0.15) is 0 Å². The smallest absolute Gasteiger partial charge is 0.0230 e. The van der Waals surface area contributed by atoms with E-state index in [0.29, 0.717) is 12.1 Å². The van der Waals surface area contributed by atoms with Crippen LogP contribution in [0, 0.1) is 0 Å². The van der Waals surface area contributed by atoms with Gasteiger partial charge in [0, 0.05) is 18.3 Å². The Morgan fingerprint density at radius 3 is 1.93 bits per heavy atom. The molecule has 0 aliphatic heterocycles. The Morgan fingerprint density at radius 1 is 0.933 bits per heavy atom. The summed E-state index contributed by atoms with van der Waals surface area (Å²) in [6.45, 7) is 8.87. The van der Waals surface area contributed by atoms with Crippen LogP contribution >= 0.6 is 0 Å². The van der Waals surface area contributed by atoms with E-state index in [4.69, 9.17) is 0 Å². The first-order chi connectivity index (χ1) is 7.11. The summed E-state index contributed by atoms with van der Waals surface area (Å²) in [6.07, 6.45) is 4.35. The van der Waals surface area contributed by atoms with Crippen molar-refractivity contribution in [3.8, 4) is 0 Å². The first-order valence-electron chi connectivity index (χ1n) is 5.62. The molecule has 1 heteroatoms. The average molecular weight is 203 g/mol. The van der Waals surface area contributed by atoms with Gasteiger partial charge in [-0.15, -0.1) is 0 Å². The fourth-order valence-electron chi connectivity index (χ4n) is 1.68. The highest BCUT2D eigenvalue weighted by molar-refractivity contribution is 5.48. The van der Waals surface area contributed by atoms with E-state index in [2.05, 4.69) is 69.1 Å². The van der Waals surface area contributed by atoms with E-state index in [9.17, 15) is 0 Å². The van der Waals surface area contributed by atoms with Crippen LogP contribution in [0.25, 0.3) is 6.08 Å². The van der Waals surface area contributed by atoms with Gasteiger partial charge in [0.25, 0.3) is 0 Å². The highest BCUT2D eigenvalue weighted by Gasteiger charge is 2.07. The molecule has 1 aromatic carbocycles. The van der Waals surface area contributed by atoms with Gasteiger partial charge >= 0.3 is 0 Å². The molecular formula is C14H21N. The number of hydrogen-bond acceptors (Lipinski definition) is 1. The van der Waals surface area contributed by atoms with Crippen molar-refractivity contribution in [2.24, 2.45) is 0 Å². The van der Waals surface area contributed by atoms with Crippen molar-refractivity contribution in [1.82, 2.24) is 4.90 Å². The lowest BCUT2D eigenvalue weighted by Crippen LogP contribution is -2.31. The fraction of sp³-hybridized carbons (Fsp3) is 0.429. The van der Waals surface area contributed by atoms with E-state index in [1.165, 1.54) is 5.56 Å². The lowest BCUT2D eigenvalue weighted by atomic mass is 10.2. The molecule has 82 valence electrons. The summed E-state index contributed by atoms with van der Waals surface area (Å²) < 4.78 is 0. The summed E-state index contributed by atoms with van der Waals surface area (Å²) in [4.78, 5) is 2.35. The monoisotopic (exact) mass is 203 g/mol. The first kappa shape index (κ1) is 11.8. The third kappa shape index (κ3) is 3.78. The number of nitrogens with zero attached hydrogens (tertiary/aromatic N) is 1. The van der Waals surface area contributed by atoms with Crippen LogP contribution in [-0.4, -0.2) is 17.0 Å². The maximum absolute atomic E-state index is 2.35. The zero-order valence-electron chi connectivity index (χ0n) is 10.1. The summed E-state index contributed by atoms with van der Waals surface area (Å²) in [5.74, 6) is 0. The first-order valence-corrected chi connectivity index (χ1v) is 5.62. The fourth-order valence-corrected chi connectivity index (χ4v) is 1.68. The van der Waals surface area contributed by atoms with Crippen molar-refractivity contribution in [3.63, 3.8) is 0 Å². The van der Waals surface area contributed by atoms with Crippen LogP contribution < -0.4 is 0 Å². The van der Waals surface area contributed by atoms with Crippen LogP contribution in [0.2, 0.25) is 0 Å². The van der Waals surface area contributed by atoms with Crippen molar-refractivity contribution < 1.29 is 0 Å². The normalized spacial score (nSPS) is 11.6. The van der Waals surface area contributed by atoms with Gasteiger partial charge in [0.05, 0.1) is 0 Å². The molecule has 0 radical (unpaired) electrons. The Hall–Kier alpha value is -1.24. The third-order valence-corrected chi connectivity index (χ3v) is 2.43. The molecule has 1 nitrogen and oxygen atoms in total. The molecule has 15 heavy (non-hydrogen) atoms. The zero-order valence-corrected chi connectivity index (χ0v) is 10.1. The molecule has 0 amide bonds. The Kier molecular flexibility index (Phi) is 4.41. The molecule has 0 aliphatic rings. The Morgan fingerprint density at radius 2 is 1.47 bits per heavy atom. The van der Waals surface area contributed by atoms with Gasteiger partial charge < -0.3 is 4.90 Å². The van der Waals surface area contributed by atoms with Crippen LogP contribution in [0.3, 0.4) is 0 Å². The van der Waals surface area contributed by atoms with Crippen molar-refractivity contribution in [3.05, 3.63) is 42.1 Å². The summed E-state index contributed by atoms with van der Waals surface area (Å²) in [5, 5.41) is 0. The Bertz CT molecular complexity index is 290. The summed E-state index contributed by atoms with van der Waals surface area (Å²) in [5.41, 5.74) is 1.25. The Labute approximate surface area is 93.4 Å². The van der Waals surface area contributed by atoms with E-state index >= 15 is 0 Å². The maximum atomic E-state index is 2.35. The highest BCUT2D eigenvalue weighted by atomic mass is 15.1. The number of benzene rings is 1. The SMILES string of the molecule is CC(C)N(C=Cc1ccccc1)C(C)C. The molecule has 0 N–H and O–H groups in total. The molecule has 0 aromatic heterocycles. The van der Waals surface area contributed by atoms with Crippen molar-refractivity contribution in [2.75, 3.05) is 0 Å². The molecule has 0 aliphatic carbocycles. The molecule has 0 heterocycles. The molecule has 0 bridgehead atoms. The van der Waals surface area contributed by atoms with E-state index in [0.717, 1.165) is 0 Å². The van der Waals surface area contributed by atoms with Crippen LogP contribution in [0.4, 0.5) is 0 Å². The second kappa shape index (κ2) is 5.59. The summed E-state index contributed by atoms with van der Waals surface area (Å²) in [6, 6.07) is 11.5. The minimum atomic E-state index is 0.546. The quantitative estimate of drug-likeness (QED) is 0.720. The molecule has 0 unspecified atom stereocenters. The second-order valence-electron chi connectivity index (χ2n) is 4.36. The predicted octanol–water partition coefficient (Wildman–Crippen LogP) is 3.78. The van der Waals surface area contributed by atoms with Gasteiger partial charge in [0.15, 0.2) is 0 Å². The molecular weight excluding hydrogens is 182 g/mol. The van der Waals surface area contributed by atoms with Crippen LogP contribution in [-0.2, 0) is 0 Å². The molecule has 0 spiro atoms. The van der Waals surface area contributed by atoms with Gasteiger partial charge in [0.2, 0.25) is 0 Å². The molecule has 0 fully saturated rings. The van der Waals surface area contributed by atoms with Crippen LogP contribution in [0.1, 0.15) is 33.3 Å². The molecule has 0 saturated carbocycles. The van der Waals surface area contributed by atoms with Crippen molar-refractivity contribution >= 4 is 6.08 Å². The predicted molar refractivity (Wildman–Crippen MR) is 67.6 cm³/mol. The lowest BCUT2D eigenvalue weighted by molar-refractivity contribution is 0.258. The third-order valence-electron chi connectivity index (χ3n) is 2.43. The van der Waals surface area contributed by atoms with Crippen molar-refractivity contribution in [2.45, 2.75) is 39.8 Å². The molecule has 1 rings (SSSR count). The van der Waals surface area contributed by atoms with Gasteiger partial charge in [-0.25, -0.2) is 0 Å². The lowest BCUT2D eigenvalue weighted by Gasteiger charge is -2.29. The minimum absolute atomic E-state index is 0.546. The topological polar surface area (TPSA) is 3.24 Å². The van der Waals surface area contributed by atoms with Gasteiger partial charge in [-0.1, -0.05) is 30.3 Å². The van der Waals surface area contributed by atoms with Crippen LogP contribution in [0.5, 0.6) is 0 Å². The van der Waals surface area contributed by atoms with E-state index in [1.54, 1.807) is 0 Å². The standard InChI is InChI=1S/C14H21N/c1-12(2)15(13(3)4)11-10-14-8-6-5-7-9-14/h5-13H,1-4H3. The molecule has 0 saturated heterocycles. The van der Waals surface area contributed by atoms with Gasteiger partial charge in [-0.2, -0.15) is 0 Å². The zero-order chi connectivity index (χ0) is 11.3. The largest absolute Gasteiger partial charge is 0.373 e. The van der Waals surface area contributed by atoms with Crippen LogP contribution in [0.15, 0.2) is 36.5 Å². The molecule has 0 atom stereocenters. The average Bonchev–Trinajstić information content (AvgIpc) is 2.18. The number of hydrogen-bond donors (Lipinski definition) is 0. The minimum Gasteiger partial charge on any atom is -0.373 e. The Balaban J connectivity index is 2.70.